The third kappa shape index (κ3) is 34.6. The van der Waals surface area contributed by atoms with Crippen LogP contribution < -0.4 is 0 Å². The van der Waals surface area contributed by atoms with E-state index in [4.69, 9.17) is 18.9 Å². The highest BCUT2D eigenvalue weighted by atomic mass is 32.3. The van der Waals surface area contributed by atoms with E-state index in [1.165, 1.54) is 32.1 Å². The maximum Gasteiger partial charge on any atom is 0.397 e. The fourth-order valence-electron chi connectivity index (χ4n) is 6.85. The largest absolute Gasteiger partial charge is 0.457 e. The van der Waals surface area contributed by atoms with Crippen molar-refractivity contribution in [2.45, 2.75) is 205 Å². The van der Waals surface area contributed by atoms with Crippen LogP contribution in [0.2, 0.25) is 0 Å². The van der Waals surface area contributed by atoms with Crippen molar-refractivity contribution in [3.63, 3.8) is 0 Å². The van der Waals surface area contributed by atoms with Crippen LogP contribution in [0.4, 0.5) is 0 Å². The summed E-state index contributed by atoms with van der Waals surface area (Å²) >= 11 is 0. The molecule has 1 aliphatic rings. The summed E-state index contributed by atoms with van der Waals surface area (Å²) < 4.78 is 59.1. The van der Waals surface area contributed by atoms with E-state index in [-0.39, 0.29) is 19.6 Å². The highest BCUT2D eigenvalue weighted by Crippen LogP contribution is 2.26. The summed E-state index contributed by atoms with van der Waals surface area (Å²) in [5.74, 6) is -0.421. The maximum absolute atomic E-state index is 12.8. The van der Waals surface area contributed by atoms with Gasteiger partial charge in [0.05, 0.1) is 19.8 Å². The van der Waals surface area contributed by atoms with Crippen LogP contribution in [-0.4, -0.2) is 97.5 Å². The van der Waals surface area contributed by atoms with Crippen LogP contribution in [0.15, 0.2) is 85.1 Å². The van der Waals surface area contributed by atoms with Gasteiger partial charge in [0.2, 0.25) is 0 Å². The molecule has 0 aromatic carbocycles. The summed E-state index contributed by atoms with van der Waals surface area (Å²) in [5.41, 5.74) is 0. The van der Waals surface area contributed by atoms with Crippen molar-refractivity contribution in [3.8, 4) is 0 Å². The van der Waals surface area contributed by atoms with Gasteiger partial charge in [-0.2, -0.15) is 8.42 Å². The van der Waals surface area contributed by atoms with Gasteiger partial charge in [-0.15, -0.1) is 0 Å². The first-order valence-electron chi connectivity index (χ1n) is 24.3. The minimum absolute atomic E-state index is 0.0192. The third-order valence-electron chi connectivity index (χ3n) is 10.5. The molecule has 1 rings (SSSR count). The molecular weight excluding hydrogens is 837 g/mol. The highest BCUT2D eigenvalue weighted by molar-refractivity contribution is 7.80. The van der Waals surface area contributed by atoms with Crippen molar-refractivity contribution in [3.05, 3.63) is 85.1 Å². The number of carbonyl (C=O) groups is 1. The second-order valence-electron chi connectivity index (χ2n) is 16.3. The molecule has 368 valence electrons. The quantitative estimate of drug-likeness (QED) is 0.0198. The molecule has 13 heteroatoms. The lowest BCUT2D eigenvalue weighted by molar-refractivity contribution is -0.301. The van der Waals surface area contributed by atoms with E-state index in [2.05, 4.69) is 103 Å². The summed E-state index contributed by atoms with van der Waals surface area (Å²) in [4.78, 5) is 12.8. The Morgan fingerprint density at radius 3 is 1.58 bits per heavy atom. The number of unbranched alkanes of at least 4 members (excludes halogenated alkanes) is 14. The molecule has 0 aliphatic carbocycles. The molecule has 1 saturated heterocycles. The average Bonchev–Trinajstić information content (AvgIpc) is 3.27. The number of hydrogen-bond acceptors (Lipinski definition) is 11. The van der Waals surface area contributed by atoms with Crippen molar-refractivity contribution in [2.24, 2.45) is 0 Å². The lowest BCUT2D eigenvalue weighted by Crippen LogP contribution is -2.60. The Morgan fingerprint density at radius 2 is 1.08 bits per heavy atom. The molecule has 0 aromatic rings. The lowest BCUT2D eigenvalue weighted by atomic mass is 9.99. The highest BCUT2D eigenvalue weighted by Gasteiger charge is 2.48. The molecule has 0 amide bonds. The Bertz CT molecular complexity index is 1440. The monoisotopic (exact) mass is 923 g/mol. The van der Waals surface area contributed by atoms with E-state index >= 15 is 0 Å². The molecule has 0 aromatic heterocycles. The van der Waals surface area contributed by atoms with Crippen LogP contribution in [0, 0.1) is 0 Å². The van der Waals surface area contributed by atoms with Gasteiger partial charge in [0.1, 0.15) is 30.5 Å². The predicted molar refractivity (Wildman–Crippen MR) is 257 cm³/mol. The number of rotatable bonds is 41. The maximum atomic E-state index is 12.8. The fourth-order valence-corrected chi connectivity index (χ4v) is 7.36. The molecule has 1 aliphatic heterocycles. The molecule has 0 bridgehead atoms. The van der Waals surface area contributed by atoms with E-state index in [0.29, 0.717) is 13.0 Å². The Morgan fingerprint density at radius 1 is 0.609 bits per heavy atom. The second-order valence-corrected chi connectivity index (χ2v) is 17.4. The number of allylic oxidation sites excluding steroid dienone is 14. The topological polar surface area (TPSA) is 178 Å². The van der Waals surface area contributed by atoms with E-state index in [1.54, 1.807) is 0 Å². The zero-order valence-corrected chi connectivity index (χ0v) is 40.1. The molecule has 0 saturated carbocycles. The number of esters is 1. The predicted octanol–water partition coefficient (Wildman–Crippen LogP) is 10.9. The van der Waals surface area contributed by atoms with Crippen LogP contribution in [-0.2, 0) is 38.3 Å². The minimum Gasteiger partial charge on any atom is -0.457 e. The first-order valence-corrected chi connectivity index (χ1v) is 25.7. The van der Waals surface area contributed by atoms with E-state index in [1.807, 2.05) is 0 Å². The second kappa shape index (κ2) is 41.7. The molecule has 1 fully saturated rings. The van der Waals surface area contributed by atoms with Gasteiger partial charge in [0.15, 0.2) is 6.29 Å². The SMILES string of the molecule is CC/C=C\C/C=C\C/C=C\C/C=C\C/C=C\CCCCCCCCCCOCC(COC1OC(CO)C(O)C(OS(=O)(=O)O)C1O)OC(=O)CCCCCCC/C=C\C/C=C\CCC. The first-order chi connectivity index (χ1) is 31.1. The third-order valence-corrected chi connectivity index (χ3v) is 10.9. The van der Waals surface area contributed by atoms with Gasteiger partial charge in [-0.05, 0) is 83.5 Å². The van der Waals surface area contributed by atoms with Crippen LogP contribution >= 0.6 is 0 Å². The summed E-state index contributed by atoms with van der Waals surface area (Å²) in [5, 5.41) is 30.7. The van der Waals surface area contributed by atoms with Crippen LogP contribution in [0.3, 0.4) is 0 Å². The number of ether oxygens (including phenoxy) is 4. The standard InChI is InChI=1S/C51H86O12S/c1-3-5-7-9-11-13-15-17-18-19-20-21-22-23-24-25-26-27-29-31-33-35-37-39-41-59-43-45(44-60-51-49(55)50(63-64(56,57)58)48(54)46(42-52)62-51)61-47(53)40-38-36-34-32-30-28-16-14-12-10-8-6-4-2/h5,7-8,10-11,13-14,16-18,20-21,23-24,45-46,48-52,54-55H,3-4,6,9,12,15,19,22,25-44H2,1-2H3,(H,56,57,58)/b7-5-,10-8-,13-11-,16-14-,18-17-,21-20-,24-23-. The number of aliphatic hydroxyl groups excluding tert-OH is 3. The molecule has 6 atom stereocenters. The molecule has 0 spiro atoms. The Hall–Kier alpha value is -2.72. The molecule has 4 N–H and O–H groups in total. The summed E-state index contributed by atoms with van der Waals surface area (Å²) in [6.07, 6.45) is 46.2. The van der Waals surface area contributed by atoms with E-state index in [0.717, 1.165) is 109 Å². The Labute approximate surface area is 387 Å². The molecular formula is C51H86O12S. The first kappa shape index (κ1) is 59.3. The van der Waals surface area contributed by atoms with E-state index < -0.39 is 59.8 Å². The zero-order chi connectivity index (χ0) is 46.8. The average molecular weight is 923 g/mol. The normalized spacial score (nSPS) is 20.5. The van der Waals surface area contributed by atoms with Crippen molar-refractivity contribution in [1.82, 2.24) is 0 Å². The fraction of sp³-hybridized carbons (Fsp3) is 0.706. The van der Waals surface area contributed by atoms with Gasteiger partial charge in [-0.1, -0.05) is 163 Å². The summed E-state index contributed by atoms with van der Waals surface area (Å²) in [6.45, 7) is 3.75. The van der Waals surface area contributed by atoms with Gasteiger partial charge in [0.25, 0.3) is 0 Å². The summed E-state index contributed by atoms with van der Waals surface area (Å²) in [7, 11) is -5.07. The molecule has 6 unspecified atom stereocenters. The van der Waals surface area contributed by atoms with Crippen molar-refractivity contribution in [2.75, 3.05) is 26.4 Å². The zero-order valence-electron chi connectivity index (χ0n) is 39.3. The van der Waals surface area contributed by atoms with Gasteiger partial charge in [-0.25, -0.2) is 4.18 Å². The molecule has 12 nitrogen and oxygen atoms in total. The van der Waals surface area contributed by atoms with Crippen LogP contribution in [0.25, 0.3) is 0 Å². The number of aliphatic hydroxyl groups is 3. The van der Waals surface area contributed by atoms with Crippen LogP contribution in [0.5, 0.6) is 0 Å². The van der Waals surface area contributed by atoms with Gasteiger partial charge in [-0.3, -0.25) is 9.35 Å². The van der Waals surface area contributed by atoms with Gasteiger partial charge in [0, 0.05) is 13.0 Å². The Balaban J connectivity index is 2.37. The van der Waals surface area contributed by atoms with E-state index in [9.17, 15) is 33.1 Å². The number of carbonyl (C=O) groups excluding carboxylic acids is 1. The molecule has 0 radical (unpaired) electrons. The molecule has 1 heterocycles. The van der Waals surface area contributed by atoms with Gasteiger partial charge >= 0.3 is 16.4 Å². The number of hydrogen-bond donors (Lipinski definition) is 4. The Kier molecular flexibility index (Phi) is 38.6. The van der Waals surface area contributed by atoms with Crippen molar-refractivity contribution < 1.29 is 56.2 Å². The van der Waals surface area contributed by atoms with Gasteiger partial charge < -0.3 is 34.3 Å². The van der Waals surface area contributed by atoms with Crippen LogP contribution in [0.1, 0.15) is 168 Å². The smallest absolute Gasteiger partial charge is 0.397 e. The lowest BCUT2D eigenvalue weighted by Gasteiger charge is -2.41. The summed E-state index contributed by atoms with van der Waals surface area (Å²) in [6, 6.07) is 0. The molecule has 64 heavy (non-hydrogen) atoms. The minimum atomic E-state index is -5.07. The van der Waals surface area contributed by atoms with Crippen molar-refractivity contribution >= 4 is 16.4 Å². The van der Waals surface area contributed by atoms with Crippen molar-refractivity contribution in [1.29, 1.82) is 0 Å².